The summed E-state index contributed by atoms with van der Waals surface area (Å²) in [7, 11) is 0. The molecule has 0 radical (unpaired) electrons. The summed E-state index contributed by atoms with van der Waals surface area (Å²) in [5.74, 6) is -0.299. The fraction of sp³-hybridized carbons (Fsp3) is 0.0833. The van der Waals surface area contributed by atoms with Gasteiger partial charge in [0.1, 0.15) is 5.69 Å². The highest BCUT2D eigenvalue weighted by Gasteiger charge is 2.13. The number of hydrogen-bond acceptors (Lipinski definition) is 3. The van der Waals surface area contributed by atoms with E-state index in [0.29, 0.717) is 11.4 Å². The van der Waals surface area contributed by atoms with Crippen molar-refractivity contribution in [1.82, 2.24) is 9.97 Å². The van der Waals surface area contributed by atoms with E-state index in [9.17, 15) is 4.79 Å². The minimum Gasteiger partial charge on any atom is -0.291 e. The molecular formula is C12H9ClN2O. The lowest BCUT2D eigenvalue weighted by atomic mass is 10.1. The van der Waals surface area contributed by atoms with Crippen molar-refractivity contribution in [1.29, 1.82) is 0 Å². The van der Waals surface area contributed by atoms with Crippen LogP contribution in [-0.2, 0) is 0 Å². The standard InChI is InChI=1S/C12H9ClN2O/c13-8-10(16)12-11(14-6-7-15-12)9-4-2-1-3-5-9/h1-7H,8H2. The molecule has 0 fully saturated rings. The van der Waals surface area contributed by atoms with Gasteiger partial charge in [-0.2, -0.15) is 0 Å². The van der Waals surface area contributed by atoms with Crippen LogP contribution in [0.2, 0.25) is 0 Å². The van der Waals surface area contributed by atoms with Crippen molar-refractivity contribution in [3.63, 3.8) is 0 Å². The first kappa shape index (κ1) is 10.8. The van der Waals surface area contributed by atoms with E-state index < -0.39 is 0 Å². The van der Waals surface area contributed by atoms with Gasteiger partial charge in [0.25, 0.3) is 0 Å². The van der Waals surface area contributed by atoms with Gasteiger partial charge in [-0.15, -0.1) is 11.6 Å². The molecule has 0 aliphatic rings. The Morgan fingerprint density at radius 2 is 1.81 bits per heavy atom. The Hall–Kier alpha value is -1.74. The Kier molecular flexibility index (Phi) is 3.27. The summed E-state index contributed by atoms with van der Waals surface area (Å²) in [6.45, 7) is 0. The molecule has 3 nitrogen and oxygen atoms in total. The summed E-state index contributed by atoms with van der Waals surface area (Å²) < 4.78 is 0. The fourth-order valence-electron chi connectivity index (χ4n) is 1.41. The summed E-state index contributed by atoms with van der Waals surface area (Å²) in [5, 5.41) is 0. The number of carbonyl (C=O) groups excluding carboxylic acids is 1. The lowest BCUT2D eigenvalue weighted by molar-refractivity contribution is 0.101. The number of ketones is 1. The maximum atomic E-state index is 11.6. The zero-order valence-corrected chi connectivity index (χ0v) is 9.19. The minimum atomic E-state index is -0.214. The lowest BCUT2D eigenvalue weighted by Crippen LogP contribution is -2.07. The van der Waals surface area contributed by atoms with Crippen LogP contribution in [-0.4, -0.2) is 21.6 Å². The second-order valence-electron chi connectivity index (χ2n) is 3.18. The molecule has 16 heavy (non-hydrogen) atoms. The Morgan fingerprint density at radius 1 is 1.12 bits per heavy atom. The summed E-state index contributed by atoms with van der Waals surface area (Å²) in [6.07, 6.45) is 3.06. The molecule has 4 heteroatoms. The maximum absolute atomic E-state index is 11.6. The predicted octanol–water partition coefficient (Wildman–Crippen LogP) is 2.57. The van der Waals surface area contributed by atoms with Crippen molar-refractivity contribution in [2.75, 3.05) is 5.88 Å². The van der Waals surface area contributed by atoms with Crippen molar-refractivity contribution in [2.45, 2.75) is 0 Å². The van der Waals surface area contributed by atoms with Gasteiger partial charge in [0.05, 0.1) is 11.6 Å². The van der Waals surface area contributed by atoms with E-state index in [1.807, 2.05) is 30.3 Å². The number of Topliss-reactive ketones (excluding diaryl/α,β-unsaturated/α-hetero) is 1. The van der Waals surface area contributed by atoms with Gasteiger partial charge in [-0.3, -0.25) is 9.78 Å². The van der Waals surface area contributed by atoms with Crippen molar-refractivity contribution in [3.8, 4) is 11.3 Å². The lowest BCUT2D eigenvalue weighted by Gasteiger charge is -2.04. The van der Waals surface area contributed by atoms with Crippen LogP contribution in [0.1, 0.15) is 10.5 Å². The molecule has 0 unspecified atom stereocenters. The molecule has 0 saturated heterocycles. The average molecular weight is 233 g/mol. The highest BCUT2D eigenvalue weighted by Crippen LogP contribution is 2.19. The van der Waals surface area contributed by atoms with Gasteiger partial charge >= 0.3 is 0 Å². The first-order chi connectivity index (χ1) is 7.83. The SMILES string of the molecule is O=C(CCl)c1nccnc1-c1ccccc1. The van der Waals surface area contributed by atoms with Crippen molar-refractivity contribution < 1.29 is 4.79 Å². The highest BCUT2D eigenvalue weighted by atomic mass is 35.5. The summed E-state index contributed by atoms with van der Waals surface area (Å²) >= 11 is 5.53. The van der Waals surface area contributed by atoms with Crippen LogP contribution < -0.4 is 0 Å². The third-order valence-corrected chi connectivity index (χ3v) is 2.37. The molecule has 1 aromatic heterocycles. The molecule has 0 atom stereocenters. The van der Waals surface area contributed by atoms with E-state index in [4.69, 9.17) is 11.6 Å². The number of aromatic nitrogens is 2. The maximum Gasteiger partial charge on any atom is 0.198 e. The molecule has 0 aliphatic heterocycles. The number of alkyl halides is 1. The van der Waals surface area contributed by atoms with Crippen molar-refractivity contribution >= 4 is 17.4 Å². The average Bonchev–Trinajstić information content (AvgIpc) is 2.39. The molecule has 80 valence electrons. The Balaban J connectivity index is 2.53. The summed E-state index contributed by atoms with van der Waals surface area (Å²) in [5.41, 5.74) is 1.77. The van der Waals surface area contributed by atoms with E-state index in [1.165, 1.54) is 6.20 Å². The molecule has 0 aliphatic carbocycles. The fourth-order valence-corrected chi connectivity index (χ4v) is 1.54. The molecule has 0 spiro atoms. The van der Waals surface area contributed by atoms with E-state index >= 15 is 0 Å². The number of carbonyl (C=O) groups is 1. The molecule has 1 aromatic carbocycles. The molecule has 0 saturated carbocycles. The minimum absolute atomic E-state index is 0.0848. The molecule has 2 aromatic rings. The quantitative estimate of drug-likeness (QED) is 0.603. The first-order valence-corrected chi connectivity index (χ1v) is 5.32. The Morgan fingerprint density at radius 3 is 2.50 bits per heavy atom. The van der Waals surface area contributed by atoms with Crippen LogP contribution in [0.3, 0.4) is 0 Å². The summed E-state index contributed by atoms with van der Waals surface area (Å²) in [6, 6.07) is 9.45. The molecule has 0 amide bonds. The van der Waals surface area contributed by atoms with Crippen LogP contribution in [0.4, 0.5) is 0 Å². The second kappa shape index (κ2) is 4.86. The number of halogens is 1. The van der Waals surface area contributed by atoms with Crippen LogP contribution in [0.15, 0.2) is 42.7 Å². The molecule has 0 N–H and O–H groups in total. The number of hydrogen-bond donors (Lipinski definition) is 0. The van der Waals surface area contributed by atoms with Gasteiger partial charge in [-0.1, -0.05) is 30.3 Å². The zero-order chi connectivity index (χ0) is 11.4. The largest absolute Gasteiger partial charge is 0.291 e. The Bertz CT molecular complexity index is 499. The Labute approximate surface area is 98.1 Å². The van der Waals surface area contributed by atoms with E-state index in [2.05, 4.69) is 9.97 Å². The van der Waals surface area contributed by atoms with Gasteiger partial charge in [-0.25, -0.2) is 4.98 Å². The highest BCUT2D eigenvalue weighted by molar-refractivity contribution is 6.30. The molecule has 2 rings (SSSR count). The van der Waals surface area contributed by atoms with Gasteiger partial charge in [0.15, 0.2) is 5.78 Å². The van der Waals surface area contributed by atoms with Crippen LogP contribution in [0.5, 0.6) is 0 Å². The normalized spacial score (nSPS) is 10.1. The number of nitrogens with zero attached hydrogens (tertiary/aromatic N) is 2. The monoisotopic (exact) mass is 232 g/mol. The summed E-state index contributed by atoms with van der Waals surface area (Å²) in [4.78, 5) is 19.8. The van der Waals surface area contributed by atoms with E-state index in [1.54, 1.807) is 6.20 Å². The predicted molar refractivity (Wildman–Crippen MR) is 62.5 cm³/mol. The van der Waals surface area contributed by atoms with Crippen LogP contribution in [0.25, 0.3) is 11.3 Å². The second-order valence-corrected chi connectivity index (χ2v) is 3.44. The van der Waals surface area contributed by atoms with Gasteiger partial charge in [-0.05, 0) is 0 Å². The number of benzene rings is 1. The van der Waals surface area contributed by atoms with Crippen molar-refractivity contribution in [3.05, 3.63) is 48.4 Å². The number of rotatable bonds is 3. The van der Waals surface area contributed by atoms with Gasteiger partial charge in [0.2, 0.25) is 0 Å². The molecule has 1 heterocycles. The van der Waals surface area contributed by atoms with E-state index in [-0.39, 0.29) is 11.7 Å². The third-order valence-electron chi connectivity index (χ3n) is 2.13. The van der Waals surface area contributed by atoms with Gasteiger partial charge < -0.3 is 0 Å². The molecular weight excluding hydrogens is 224 g/mol. The zero-order valence-electron chi connectivity index (χ0n) is 8.43. The van der Waals surface area contributed by atoms with Crippen molar-refractivity contribution in [2.24, 2.45) is 0 Å². The smallest absolute Gasteiger partial charge is 0.198 e. The van der Waals surface area contributed by atoms with Gasteiger partial charge in [0, 0.05) is 18.0 Å². The molecule has 0 bridgehead atoms. The van der Waals surface area contributed by atoms with E-state index in [0.717, 1.165) is 5.56 Å². The topological polar surface area (TPSA) is 42.9 Å². The van der Waals surface area contributed by atoms with Crippen LogP contribution in [0, 0.1) is 0 Å². The third kappa shape index (κ3) is 2.09. The first-order valence-electron chi connectivity index (χ1n) is 4.78. The van der Waals surface area contributed by atoms with Crippen LogP contribution >= 0.6 is 11.6 Å².